The van der Waals surface area contributed by atoms with Crippen LogP contribution < -0.4 is 0 Å². The molecule has 6 nitrogen and oxygen atoms in total. The van der Waals surface area contributed by atoms with Crippen molar-refractivity contribution >= 4 is 21.6 Å². The molecule has 0 amide bonds. The Morgan fingerprint density at radius 2 is 1.71 bits per heavy atom. The molecule has 0 aliphatic rings. The van der Waals surface area contributed by atoms with Gasteiger partial charge in [0.2, 0.25) is 0 Å². The van der Waals surface area contributed by atoms with E-state index in [9.17, 15) is 21.6 Å². The Hall–Kier alpha value is -3.11. The maximum Gasteiger partial charge on any atom is 0.417 e. The van der Waals surface area contributed by atoms with Gasteiger partial charge in [-0.2, -0.15) is 30.8 Å². The summed E-state index contributed by atoms with van der Waals surface area (Å²) in [5.74, 6) is 0.364. The molecule has 0 saturated heterocycles. The highest BCUT2D eigenvalue weighted by atomic mass is 35.5. The molecule has 0 spiro atoms. The summed E-state index contributed by atoms with van der Waals surface area (Å²) < 4.78 is 71.5. The van der Waals surface area contributed by atoms with Gasteiger partial charge in [0.1, 0.15) is 16.3 Å². The average Bonchev–Trinajstić information content (AvgIpc) is 3.35. The second kappa shape index (κ2) is 7.54. The SMILES string of the molecule is Cc1onc(-c2ccc(Cl)cc2)c1-c1ccn(S(=O)(=O)c2ccccc2C(F)(F)F)n1. The van der Waals surface area contributed by atoms with Crippen molar-refractivity contribution in [1.82, 2.24) is 14.3 Å². The second-order valence-corrected chi connectivity index (χ2v) is 8.74. The van der Waals surface area contributed by atoms with Crippen LogP contribution in [0, 0.1) is 6.92 Å². The van der Waals surface area contributed by atoms with Crippen molar-refractivity contribution in [2.75, 3.05) is 0 Å². The fourth-order valence-electron chi connectivity index (χ4n) is 3.08. The number of halogens is 4. The number of hydrogen-bond donors (Lipinski definition) is 0. The van der Waals surface area contributed by atoms with Crippen molar-refractivity contribution in [1.29, 1.82) is 0 Å². The number of alkyl halides is 3. The predicted molar refractivity (Wildman–Crippen MR) is 107 cm³/mol. The van der Waals surface area contributed by atoms with E-state index < -0.39 is 26.7 Å². The molecule has 0 bridgehead atoms. The van der Waals surface area contributed by atoms with Gasteiger partial charge in [0.15, 0.2) is 0 Å². The summed E-state index contributed by atoms with van der Waals surface area (Å²) in [6, 6.07) is 12.0. The zero-order valence-corrected chi connectivity index (χ0v) is 17.3. The standard InChI is InChI=1S/C20H13ClF3N3O3S/c1-12-18(19(26-30-12)13-6-8-14(21)9-7-13)16-10-11-27(25-16)31(28,29)17-5-3-2-4-15(17)20(22,23)24/h2-11H,1H3. The lowest BCUT2D eigenvalue weighted by Crippen LogP contribution is -2.19. The summed E-state index contributed by atoms with van der Waals surface area (Å²) >= 11 is 5.91. The normalized spacial score (nSPS) is 12.3. The molecule has 11 heteroatoms. The summed E-state index contributed by atoms with van der Waals surface area (Å²) in [6.45, 7) is 1.62. The third-order valence-electron chi connectivity index (χ3n) is 4.52. The van der Waals surface area contributed by atoms with Gasteiger partial charge in [-0.3, -0.25) is 0 Å². The van der Waals surface area contributed by atoms with E-state index in [-0.39, 0.29) is 5.69 Å². The molecular weight excluding hydrogens is 455 g/mol. The number of nitrogens with zero attached hydrogens (tertiary/aromatic N) is 3. The van der Waals surface area contributed by atoms with E-state index in [4.69, 9.17) is 16.1 Å². The maximum absolute atomic E-state index is 13.3. The van der Waals surface area contributed by atoms with E-state index in [2.05, 4.69) is 10.3 Å². The third-order valence-corrected chi connectivity index (χ3v) is 6.38. The van der Waals surface area contributed by atoms with Gasteiger partial charge < -0.3 is 4.52 Å². The number of aryl methyl sites for hydroxylation is 1. The highest BCUT2D eigenvalue weighted by molar-refractivity contribution is 7.89. The number of rotatable bonds is 4. The summed E-state index contributed by atoms with van der Waals surface area (Å²) in [5, 5.41) is 8.54. The van der Waals surface area contributed by atoms with Crippen molar-refractivity contribution in [2.24, 2.45) is 0 Å². The van der Waals surface area contributed by atoms with Gasteiger partial charge in [-0.1, -0.05) is 41.0 Å². The first-order valence-corrected chi connectivity index (χ1v) is 10.6. The minimum atomic E-state index is -4.84. The minimum Gasteiger partial charge on any atom is -0.360 e. The van der Waals surface area contributed by atoms with E-state index in [1.807, 2.05) is 0 Å². The minimum absolute atomic E-state index is 0.178. The molecule has 0 radical (unpaired) electrons. The van der Waals surface area contributed by atoms with Crippen LogP contribution in [-0.4, -0.2) is 22.8 Å². The summed E-state index contributed by atoms with van der Waals surface area (Å²) in [4.78, 5) is -0.892. The topological polar surface area (TPSA) is 78.0 Å². The first kappa shape index (κ1) is 21.1. The fourth-order valence-corrected chi connectivity index (χ4v) is 4.54. The van der Waals surface area contributed by atoms with Gasteiger partial charge in [-0.05, 0) is 37.3 Å². The van der Waals surface area contributed by atoms with E-state index in [1.165, 1.54) is 12.1 Å². The number of aromatic nitrogens is 3. The second-order valence-electron chi connectivity index (χ2n) is 6.54. The molecule has 0 unspecified atom stereocenters. The Morgan fingerprint density at radius 3 is 2.39 bits per heavy atom. The molecule has 0 saturated carbocycles. The van der Waals surface area contributed by atoms with Gasteiger partial charge in [0.25, 0.3) is 10.0 Å². The van der Waals surface area contributed by atoms with Crippen molar-refractivity contribution in [3.05, 3.63) is 77.1 Å². The number of hydrogen-bond acceptors (Lipinski definition) is 5. The smallest absolute Gasteiger partial charge is 0.360 e. The van der Waals surface area contributed by atoms with Crippen LogP contribution in [0.3, 0.4) is 0 Å². The van der Waals surface area contributed by atoms with Gasteiger partial charge >= 0.3 is 6.18 Å². The molecular formula is C20H13ClF3N3O3S. The molecule has 0 aliphatic carbocycles. The molecule has 31 heavy (non-hydrogen) atoms. The van der Waals surface area contributed by atoms with Gasteiger partial charge in [-0.25, -0.2) is 0 Å². The molecule has 0 atom stereocenters. The van der Waals surface area contributed by atoms with Crippen LogP contribution in [0.1, 0.15) is 11.3 Å². The van der Waals surface area contributed by atoms with Crippen LogP contribution in [0.2, 0.25) is 5.02 Å². The Bertz CT molecular complexity index is 1360. The highest BCUT2D eigenvalue weighted by Gasteiger charge is 2.37. The Labute approximate surface area is 179 Å². The monoisotopic (exact) mass is 467 g/mol. The highest BCUT2D eigenvalue weighted by Crippen LogP contribution is 2.36. The van der Waals surface area contributed by atoms with Crippen molar-refractivity contribution in [2.45, 2.75) is 18.0 Å². The molecule has 4 aromatic rings. The largest absolute Gasteiger partial charge is 0.417 e. The van der Waals surface area contributed by atoms with Crippen molar-refractivity contribution in [3.8, 4) is 22.5 Å². The third kappa shape index (κ3) is 3.84. The summed E-state index contributed by atoms with van der Waals surface area (Å²) in [6.07, 6.45) is -3.76. The zero-order valence-electron chi connectivity index (χ0n) is 15.8. The quantitative estimate of drug-likeness (QED) is 0.400. The van der Waals surface area contributed by atoms with E-state index in [0.717, 1.165) is 18.3 Å². The molecule has 0 N–H and O–H groups in total. The van der Waals surface area contributed by atoms with E-state index in [0.29, 0.717) is 37.8 Å². The summed E-state index contributed by atoms with van der Waals surface area (Å²) in [5.41, 5.74) is 0.371. The fraction of sp³-hybridized carbons (Fsp3) is 0.100. The first-order chi connectivity index (χ1) is 14.6. The molecule has 2 aromatic carbocycles. The lowest BCUT2D eigenvalue weighted by molar-refractivity contribution is -0.139. The zero-order chi connectivity index (χ0) is 22.4. The molecule has 160 valence electrons. The first-order valence-electron chi connectivity index (χ1n) is 8.79. The molecule has 2 aromatic heterocycles. The van der Waals surface area contributed by atoms with Crippen molar-refractivity contribution < 1.29 is 26.1 Å². The molecule has 2 heterocycles. The van der Waals surface area contributed by atoms with Gasteiger partial charge in [0.05, 0.1) is 16.8 Å². The summed E-state index contributed by atoms with van der Waals surface area (Å²) in [7, 11) is -4.60. The van der Waals surface area contributed by atoms with Gasteiger partial charge in [0, 0.05) is 16.8 Å². The lowest BCUT2D eigenvalue weighted by atomic mass is 10.0. The maximum atomic E-state index is 13.3. The Kier molecular flexibility index (Phi) is 5.14. The van der Waals surface area contributed by atoms with Crippen LogP contribution >= 0.6 is 11.6 Å². The van der Waals surface area contributed by atoms with Crippen LogP contribution in [0.25, 0.3) is 22.5 Å². The van der Waals surface area contributed by atoms with Crippen LogP contribution in [-0.2, 0) is 16.2 Å². The average molecular weight is 468 g/mol. The Balaban J connectivity index is 1.81. The Morgan fingerprint density at radius 1 is 1.03 bits per heavy atom. The van der Waals surface area contributed by atoms with Gasteiger partial charge in [-0.15, -0.1) is 0 Å². The molecule has 0 aliphatic heterocycles. The molecule has 4 rings (SSSR count). The molecule has 0 fully saturated rings. The van der Waals surface area contributed by atoms with Crippen LogP contribution in [0.15, 0.2) is 70.2 Å². The van der Waals surface area contributed by atoms with Crippen molar-refractivity contribution in [3.63, 3.8) is 0 Å². The van der Waals surface area contributed by atoms with E-state index in [1.54, 1.807) is 31.2 Å². The van der Waals surface area contributed by atoms with Crippen LogP contribution in [0.5, 0.6) is 0 Å². The van der Waals surface area contributed by atoms with E-state index >= 15 is 0 Å². The lowest BCUT2D eigenvalue weighted by Gasteiger charge is -2.12. The number of benzene rings is 2. The predicted octanol–water partition coefficient (Wildman–Crippen LogP) is 5.42. The van der Waals surface area contributed by atoms with Crippen LogP contribution in [0.4, 0.5) is 13.2 Å².